The zero-order valence-electron chi connectivity index (χ0n) is 17.3. The predicted molar refractivity (Wildman–Crippen MR) is 111 cm³/mol. The highest BCUT2D eigenvalue weighted by molar-refractivity contribution is 6.16. The van der Waals surface area contributed by atoms with E-state index in [1.165, 1.54) is 0 Å². The highest BCUT2D eigenvalue weighted by Crippen LogP contribution is 2.42. The Morgan fingerprint density at radius 1 is 1.21 bits per heavy atom. The van der Waals surface area contributed by atoms with Crippen LogP contribution in [0.1, 0.15) is 42.5 Å². The number of morpholine rings is 1. The molecule has 0 radical (unpaired) electrons. The summed E-state index contributed by atoms with van der Waals surface area (Å²) in [7, 11) is 0. The normalized spacial score (nSPS) is 20.4. The van der Waals surface area contributed by atoms with E-state index in [9.17, 15) is 9.90 Å². The van der Waals surface area contributed by atoms with E-state index in [2.05, 4.69) is 4.90 Å². The smallest absolute Gasteiger partial charge is 0.342 e. The van der Waals surface area contributed by atoms with Crippen LogP contribution in [-0.4, -0.2) is 47.9 Å². The van der Waals surface area contributed by atoms with Gasteiger partial charge in [-0.3, -0.25) is 4.90 Å². The van der Waals surface area contributed by atoms with E-state index in [1.54, 1.807) is 13.8 Å². The zero-order valence-corrected chi connectivity index (χ0v) is 17.3. The molecule has 6 nitrogen and oxygen atoms in total. The van der Waals surface area contributed by atoms with Crippen molar-refractivity contribution >= 4 is 27.7 Å². The zero-order chi connectivity index (χ0) is 20.7. The molecular formula is C23H27NO5. The molecular weight excluding hydrogens is 370 g/mol. The van der Waals surface area contributed by atoms with Crippen molar-refractivity contribution in [3.8, 4) is 5.75 Å². The van der Waals surface area contributed by atoms with Gasteiger partial charge in [-0.15, -0.1) is 0 Å². The average molecular weight is 397 g/mol. The first-order chi connectivity index (χ1) is 13.9. The van der Waals surface area contributed by atoms with E-state index in [0.29, 0.717) is 39.8 Å². The molecule has 6 heteroatoms. The third kappa shape index (κ3) is 3.47. The molecule has 4 rings (SSSR count). The van der Waals surface area contributed by atoms with Crippen molar-refractivity contribution < 1.29 is 23.8 Å². The van der Waals surface area contributed by atoms with Crippen molar-refractivity contribution in [1.82, 2.24) is 4.90 Å². The fourth-order valence-corrected chi connectivity index (χ4v) is 4.43. The fourth-order valence-electron chi connectivity index (χ4n) is 4.43. The molecule has 2 heterocycles. The third-order valence-corrected chi connectivity index (χ3v) is 5.46. The number of ether oxygens (including phenoxy) is 2. The van der Waals surface area contributed by atoms with Crippen molar-refractivity contribution in [2.75, 3.05) is 19.7 Å². The molecule has 154 valence electrons. The lowest BCUT2D eigenvalue weighted by atomic mass is 9.97. The van der Waals surface area contributed by atoms with Crippen LogP contribution in [0.25, 0.3) is 21.7 Å². The summed E-state index contributed by atoms with van der Waals surface area (Å²) in [6.07, 6.45) is 0.208. The molecule has 0 saturated carbocycles. The number of phenolic OH excluding ortho intramolecular Hbond substituents is 1. The summed E-state index contributed by atoms with van der Waals surface area (Å²) in [4.78, 5) is 15.0. The Hall–Kier alpha value is -2.57. The maximum absolute atomic E-state index is 12.7. The molecule has 1 aliphatic rings. The summed E-state index contributed by atoms with van der Waals surface area (Å²) < 4.78 is 17.2. The van der Waals surface area contributed by atoms with Gasteiger partial charge in [0.2, 0.25) is 0 Å². The van der Waals surface area contributed by atoms with Gasteiger partial charge >= 0.3 is 5.97 Å². The van der Waals surface area contributed by atoms with E-state index >= 15 is 0 Å². The van der Waals surface area contributed by atoms with Crippen LogP contribution in [0.4, 0.5) is 0 Å². The van der Waals surface area contributed by atoms with Crippen LogP contribution >= 0.6 is 0 Å². The summed E-state index contributed by atoms with van der Waals surface area (Å²) in [5.74, 6) is 0.258. The van der Waals surface area contributed by atoms with Gasteiger partial charge in [0.15, 0.2) is 0 Å². The summed E-state index contributed by atoms with van der Waals surface area (Å²) >= 11 is 0. The lowest BCUT2D eigenvalue weighted by molar-refractivity contribution is -0.0705. The predicted octanol–water partition coefficient (Wildman–Crippen LogP) is 4.39. The monoisotopic (exact) mass is 397 g/mol. The molecule has 29 heavy (non-hydrogen) atoms. The Labute approximate surface area is 170 Å². The van der Waals surface area contributed by atoms with Gasteiger partial charge < -0.3 is 19.0 Å². The summed E-state index contributed by atoms with van der Waals surface area (Å²) in [6.45, 7) is 9.91. The molecule has 0 amide bonds. The molecule has 3 aromatic rings. The van der Waals surface area contributed by atoms with Crippen LogP contribution in [-0.2, 0) is 16.0 Å². The van der Waals surface area contributed by atoms with Crippen LogP contribution in [0.15, 0.2) is 28.7 Å². The molecule has 0 unspecified atom stereocenters. The van der Waals surface area contributed by atoms with Crippen LogP contribution in [0, 0.1) is 6.92 Å². The SMILES string of the molecule is CCOC(=O)c1c(C)oc2c1c(CN1C[C@H](C)O[C@@H](C)C1)c(O)c1ccccc12. The maximum atomic E-state index is 12.7. The van der Waals surface area contributed by atoms with E-state index in [4.69, 9.17) is 13.9 Å². The second-order valence-electron chi connectivity index (χ2n) is 7.78. The number of phenols is 1. The first-order valence-electron chi connectivity index (χ1n) is 10.1. The minimum absolute atomic E-state index is 0.104. The number of rotatable bonds is 4. The molecule has 0 spiro atoms. The number of fused-ring (bicyclic) bond motifs is 3. The number of aryl methyl sites for hydroxylation is 1. The lowest BCUT2D eigenvalue weighted by Gasteiger charge is -2.35. The van der Waals surface area contributed by atoms with Crippen LogP contribution in [0.3, 0.4) is 0 Å². The molecule has 1 aromatic heterocycles. The molecule has 2 atom stereocenters. The lowest BCUT2D eigenvalue weighted by Crippen LogP contribution is -2.44. The van der Waals surface area contributed by atoms with Gasteiger partial charge in [0, 0.05) is 41.4 Å². The maximum Gasteiger partial charge on any atom is 0.342 e. The second kappa shape index (κ2) is 7.69. The Bertz CT molecular complexity index is 1060. The van der Waals surface area contributed by atoms with Crippen LogP contribution in [0.5, 0.6) is 5.75 Å². The summed E-state index contributed by atoms with van der Waals surface area (Å²) in [5, 5.41) is 13.3. The number of esters is 1. The van der Waals surface area contributed by atoms with Crippen molar-refractivity contribution in [3.05, 3.63) is 41.2 Å². The highest BCUT2D eigenvalue weighted by Gasteiger charge is 2.29. The van der Waals surface area contributed by atoms with Gasteiger partial charge in [0.1, 0.15) is 22.7 Å². The third-order valence-electron chi connectivity index (χ3n) is 5.46. The number of carbonyl (C=O) groups excluding carboxylic acids is 1. The van der Waals surface area contributed by atoms with Gasteiger partial charge in [0.05, 0.1) is 18.8 Å². The Kier molecular flexibility index (Phi) is 5.23. The standard InChI is InChI=1S/C23H27NO5/c1-5-27-23(26)19-15(4)29-22-17-9-7-6-8-16(17)21(25)18(20(19)22)12-24-10-13(2)28-14(3)11-24/h6-9,13-14,25H,5,10-12H2,1-4H3/t13-,14-/m0/s1. The van der Waals surface area contributed by atoms with E-state index in [-0.39, 0.29) is 24.6 Å². The van der Waals surface area contributed by atoms with Crippen molar-refractivity contribution in [2.24, 2.45) is 0 Å². The van der Waals surface area contributed by atoms with Crippen molar-refractivity contribution in [3.63, 3.8) is 0 Å². The first-order valence-corrected chi connectivity index (χ1v) is 10.1. The van der Waals surface area contributed by atoms with E-state index < -0.39 is 5.97 Å². The molecule has 2 aromatic carbocycles. The fraction of sp³-hybridized carbons (Fsp3) is 0.435. The second-order valence-corrected chi connectivity index (χ2v) is 7.78. The number of benzene rings is 2. The quantitative estimate of drug-likeness (QED) is 0.659. The van der Waals surface area contributed by atoms with E-state index in [1.807, 2.05) is 38.1 Å². The molecule has 1 saturated heterocycles. The molecule has 1 fully saturated rings. The molecule has 0 bridgehead atoms. The Morgan fingerprint density at radius 3 is 2.52 bits per heavy atom. The molecule has 1 aliphatic heterocycles. The Balaban J connectivity index is 1.95. The highest BCUT2D eigenvalue weighted by atomic mass is 16.5. The minimum Gasteiger partial charge on any atom is -0.507 e. The number of nitrogens with zero attached hydrogens (tertiary/aromatic N) is 1. The number of furan rings is 1. The summed E-state index contributed by atoms with van der Waals surface area (Å²) in [5.41, 5.74) is 1.70. The largest absolute Gasteiger partial charge is 0.507 e. The minimum atomic E-state index is -0.427. The van der Waals surface area contributed by atoms with E-state index in [0.717, 1.165) is 18.5 Å². The topological polar surface area (TPSA) is 72.1 Å². The Morgan fingerprint density at radius 2 is 1.86 bits per heavy atom. The van der Waals surface area contributed by atoms with Gasteiger partial charge in [-0.05, 0) is 27.7 Å². The average Bonchev–Trinajstić information content (AvgIpc) is 3.02. The summed E-state index contributed by atoms with van der Waals surface area (Å²) in [6, 6.07) is 7.56. The van der Waals surface area contributed by atoms with Gasteiger partial charge in [-0.2, -0.15) is 0 Å². The van der Waals surface area contributed by atoms with Crippen LogP contribution in [0.2, 0.25) is 0 Å². The number of hydrogen-bond acceptors (Lipinski definition) is 6. The number of aromatic hydroxyl groups is 1. The number of hydrogen-bond donors (Lipinski definition) is 1. The van der Waals surface area contributed by atoms with Crippen molar-refractivity contribution in [1.29, 1.82) is 0 Å². The molecule has 0 aliphatic carbocycles. The first kappa shape index (κ1) is 19.7. The number of carbonyl (C=O) groups is 1. The van der Waals surface area contributed by atoms with Crippen molar-refractivity contribution in [2.45, 2.75) is 46.4 Å². The van der Waals surface area contributed by atoms with Crippen LogP contribution < -0.4 is 0 Å². The van der Waals surface area contributed by atoms with Gasteiger partial charge in [0.25, 0.3) is 0 Å². The van der Waals surface area contributed by atoms with Gasteiger partial charge in [-0.25, -0.2) is 4.79 Å². The molecule has 1 N–H and O–H groups in total. The van der Waals surface area contributed by atoms with Gasteiger partial charge in [-0.1, -0.05) is 24.3 Å².